The van der Waals surface area contributed by atoms with Crippen LogP contribution in [-0.4, -0.2) is 50.1 Å². The number of nitrogens with zero attached hydrogens (tertiary/aromatic N) is 4. The maximum Gasteiger partial charge on any atom is 0.267 e. The van der Waals surface area contributed by atoms with Crippen molar-refractivity contribution in [1.29, 1.82) is 0 Å². The number of nitrogens with two attached hydrogens (primary N) is 1. The van der Waals surface area contributed by atoms with Gasteiger partial charge in [-0.25, -0.2) is 15.0 Å². The lowest BCUT2D eigenvalue weighted by Gasteiger charge is -2.13. The predicted octanol–water partition coefficient (Wildman–Crippen LogP) is 1.82. The van der Waals surface area contributed by atoms with Crippen molar-refractivity contribution in [1.82, 2.24) is 19.9 Å². The number of amides is 1. The fraction of sp³-hybridized carbons (Fsp3) is 0.200. The van der Waals surface area contributed by atoms with E-state index in [2.05, 4.69) is 49.4 Å². The van der Waals surface area contributed by atoms with Crippen LogP contribution in [0, 0.1) is 15.4 Å². The standard InChI is InChI=1S/C20H16IN5O2/c1-26-8-7-20(28,19(26)27)6-5-12-3-2-4-13(9-12)18-24-10-14-15(21)11-23-17(22)16(14)25-18/h2-4,9-11,28H,7-8H2,1H3,(H2,22,23)/t20-/m0/s1. The van der Waals surface area contributed by atoms with Gasteiger partial charge in [-0.2, -0.15) is 0 Å². The molecule has 0 spiro atoms. The number of pyridine rings is 1. The first-order chi connectivity index (χ1) is 13.4. The second-order valence-electron chi connectivity index (χ2n) is 6.62. The van der Waals surface area contributed by atoms with E-state index in [4.69, 9.17) is 5.73 Å². The van der Waals surface area contributed by atoms with Crippen LogP contribution < -0.4 is 5.73 Å². The highest BCUT2D eigenvalue weighted by Gasteiger charge is 2.42. The van der Waals surface area contributed by atoms with E-state index in [0.29, 0.717) is 35.7 Å². The molecule has 28 heavy (non-hydrogen) atoms. The number of aliphatic hydroxyl groups is 1. The molecule has 7 nitrogen and oxygen atoms in total. The number of anilines is 1. The minimum absolute atomic E-state index is 0.299. The van der Waals surface area contributed by atoms with Crippen LogP contribution in [0.15, 0.2) is 36.7 Å². The SMILES string of the molecule is CN1CC[C@@](O)(C#Cc2cccc(-c3ncc4c(I)cnc(N)c4n3)c2)C1=O. The lowest BCUT2D eigenvalue weighted by atomic mass is 10.0. The first-order valence-corrected chi connectivity index (χ1v) is 9.63. The van der Waals surface area contributed by atoms with Gasteiger partial charge in [-0.3, -0.25) is 4.79 Å². The number of likely N-dealkylation sites (N-methyl/N-ethyl adjacent to an activating group) is 1. The average molecular weight is 485 g/mol. The summed E-state index contributed by atoms with van der Waals surface area (Å²) in [5.74, 6) is 6.11. The molecule has 3 N–H and O–H groups in total. The van der Waals surface area contributed by atoms with Gasteiger partial charge in [0.1, 0.15) is 11.3 Å². The fourth-order valence-corrected chi connectivity index (χ4v) is 3.56. The zero-order chi connectivity index (χ0) is 19.9. The molecule has 8 heteroatoms. The summed E-state index contributed by atoms with van der Waals surface area (Å²) in [6.07, 6.45) is 3.71. The van der Waals surface area contributed by atoms with Gasteiger partial charge in [-0.15, -0.1) is 0 Å². The number of aromatic nitrogens is 3. The van der Waals surface area contributed by atoms with Gasteiger partial charge in [-0.05, 0) is 34.7 Å². The molecule has 1 aliphatic heterocycles. The Morgan fingerprint density at radius 1 is 1.32 bits per heavy atom. The Bertz CT molecular complexity index is 1170. The molecule has 0 aliphatic carbocycles. The van der Waals surface area contributed by atoms with Crippen LogP contribution in [0.2, 0.25) is 0 Å². The summed E-state index contributed by atoms with van der Waals surface area (Å²) < 4.78 is 0.924. The minimum Gasteiger partial charge on any atom is -0.382 e. The van der Waals surface area contributed by atoms with Crippen LogP contribution in [0.1, 0.15) is 12.0 Å². The Morgan fingerprint density at radius 3 is 2.89 bits per heavy atom. The third kappa shape index (κ3) is 3.27. The minimum atomic E-state index is -1.62. The lowest BCUT2D eigenvalue weighted by Crippen LogP contribution is -2.37. The first-order valence-electron chi connectivity index (χ1n) is 8.56. The van der Waals surface area contributed by atoms with Crippen LogP contribution in [0.25, 0.3) is 22.3 Å². The molecule has 4 rings (SSSR count). The molecule has 140 valence electrons. The molecular weight excluding hydrogens is 469 g/mol. The van der Waals surface area contributed by atoms with E-state index in [1.807, 2.05) is 24.3 Å². The summed E-state index contributed by atoms with van der Waals surface area (Å²) >= 11 is 2.17. The third-order valence-corrected chi connectivity index (χ3v) is 5.51. The second-order valence-corrected chi connectivity index (χ2v) is 7.78. The number of likely N-dealkylation sites (tertiary alicyclic amines) is 1. The van der Waals surface area contributed by atoms with E-state index < -0.39 is 5.60 Å². The predicted molar refractivity (Wildman–Crippen MR) is 114 cm³/mol. The summed E-state index contributed by atoms with van der Waals surface area (Å²) in [5.41, 5.74) is 6.36. The molecule has 1 aromatic carbocycles. The van der Waals surface area contributed by atoms with Crippen molar-refractivity contribution in [3.8, 4) is 23.2 Å². The number of hydrogen-bond donors (Lipinski definition) is 2. The van der Waals surface area contributed by atoms with Gasteiger partial charge in [0.15, 0.2) is 5.82 Å². The molecule has 0 radical (unpaired) electrons. The van der Waals surface area contributed by atoms with Gasteiger partial charge < -0.3 is 15.7 Å². The summed E-state index contributed by atoms with van der Waals surface area (Å²) in [4.78, 5) is 26.7. The smallest absolute Gasteiger partial charge is 0.267 e. The molecule has 3 heterocycles. The van der Waals surface area contributed by atoms with Crippen LogP contribution in [0.4, 0.5) is 5.82 Å². The van der Waals surface area contributed by atoms with Crippen molar-refractivity contribution in [3.05, 3.63) is 45.8 Å². The van der Waals surface area contributed by atoms with Gasteiger partial charge in [0.05, 0.1) is 0 Å². The van der Waals surface area contributed by atoms with E-state index in [1.165, 1.54) is 4.90 Å². The van der Waals surface area contributed by atoms with Gasteiger partial charge >= 0.3 is 0 Å². The normalized spacial score (nSPS) is 19.0. The van der Waals surface area contributed by atoms with Crippen molar-refractivity contribution >= 4 is 45.2 Å². The van der Waals surface area contributed by atoms with Crippen molar-refractivity contribution in [3.63, 3.8) is 0 Å². The number of halogens is 1. The highest BCUT2D eigenvalue weighted by molar-refractivity contribution is 14.1. The molecule has 3 aromatic rings. The highest BCUT2D eigenvalue weighted by Crippen LogP contribution is 2.25. The molecule has 1 saturated heterocycles. The first kappa shape index (κ1) is 18.6. The van der Waals surface area contributed by atoms with Crippen LogP contribution in [0.3, 0.4) is 0 Å². The van der Waals surface area contributed by atoms with Crippen molar-refractivity contribution in [2.24, 2.45) is 0 Å². The lowest BCUT2D eigenvalue weighted by molar-refractivity contribution is -0.137. The van der Waals surface area contributed by atoms with E-state index in [1.54, 1.807) is 19.4 Å². The quantitative estimate of drug-likeness (QED) is 0.403. The summed E-state index contributed by atoms with van der Waals surface area (Å²) in [5, 5.41) is 11.3. The highest BCUT2D eigenvalue weighted by atomic mass is 127. The van der Waals surface area contributed by atoms with Crippen molar-refractivity contribution < 1.29 is 9.90 Å². The maximum atomic E-state index is 12.1. The fourth-order valence-electron chi connectivity index (χ4n) is 3.03. The Labute approximate surface area is 175 Å². The summed E-state index contributed by atoms with van der Waals surface area (Å²) in [6.45, 7) is 0.489. The van der Waals surface area contributed by atoms with E-state index in [9.17, 15) is 9.90 Å². The van der Waals surface area contributed by atoms with Crippen molar-refractivity contribution in [2.45, 2.75) is 12.0 Å². The zero-order valence-corrected chi connectivity index (χ0v) is 17.1. The molecule has 1 aliphatic rings. The topological polar surface area (TPSA) is 105 Å². The molecule has 1 amide bonds. The number of benzene rings is 1. The van der Waals surface area contributed by atoms with Gasteiger partial charge in [-0.1, -0.05) is 24.0 Å². The van der Waals surface area contributed by atoms with Crippen LogP contribution in [0.5, 0.6) is 0 Å². The average Bonchev–Trinajstić information content (AvgIpc) is 2.97. The Kier molecular flexibility index (Phi) is 4.64. The number of carbonyl (C=O) groups is 1. The number of hydrogen-bond acceptors (Lipinski definition) is 6. The maximum absolute atomic E-state index is 12.1. The van der Waals surface area contributed by atoms with Crippen LogP contribution >= 0.6 is 22.6 Å². The van der Waals surface area contributed by atoms with E-state index in [-0.39, 0.29) is 5.91 Å². The Balaban J connectivity index is 1.71. The molecule has 1 atom stereocenters. The molecule has 0 saturated carbocycles. The van der Waals surface area contributed by atoms with Gasteiger partial charge in [0.25, 0.3) is 5.91 Å². The monoisotopic (exact) mass is 485 g/mol. The van der Waals surface area contributed by atoms with E-state index in [0.717, 1.165) is 14.5 Å². The van der Waals surface area contributed by atoms with Crippen LogP contribution in [-0.2, 0) is 4.79 Å². The Morgan fingerprint density at radius 2 is 2.14 bits per heavy atom. The second kappa shape index (κ2) is 7.00. The third-order valence-electron chi connectivity index (χ3n) is 4.65. The summed E-state index contributed by atoms with van der Waals surface area (Å²) in [7, 11) is 1.65. The van der Waals surface area contributed by atoms with Gasteiger partial charge in [0, 0.05) is 52.5 Å². The Hall–Kier alpha value is -2.77. The molecule has 0 bridgehead atoms. The number of nitrogen functional groups attached to an aromatic ring is 1. The number of fused-ring (bicyclic) bond motifs is 1. The number of carbonyl (C=O) groups excluding carboxylic acids is 1. The van der Waals surface area contributed by atoms with E-state index >= 15 is 0 Å². The van der Waals surface area contributed by atoms with Crippen molar-refractivity contribution in [2.75, 3.05) is 19.3 Å². The molecule has 2 aromatic heterocycles. The zero-order valence-electron chi connectivity index (χ0n) is 15.0. The summed E-state index contributed by atoms with van der Waals surface area (Å²) in [6, 6.07) is 7.32. The molecule has 0 unspecified atom stereocenters. The molecule has 1 fully saturated rings. The van der Waals surface area contributed by atoms with Gasteiger partial charge in [0.2, 0.25) is 5.60 Å². The number of rotatable bonds is 1. The molecular formula is C20H16IN5O2. The largest absolute Gasteiger partial charge is 0.382 e.